The van der Waals surface area contributed by atoms with Gasteiger partial charge in [0, 0.05) is 19.6 Å². The van der Waals surface area contributed by atoms with Crippen LogP contribution in [0.2, 0.25) is 0 Å². The van der Waals surface area contributed by atoms with Gasteiger partial charge in [-0.2, -0.15) is 0 Å². The number of urea groups is 1. The largest absolute Gasteiger partial charge is 0.329 e. The molecule has 1 atom stereocenters. The third-order valence-electron chi connectivity index (χ3n) is 3.19. The standard InChI is InChI=1S/C12H21N3O2/c1-12(2,3)8-14-5-4-9(7-14)15-10(16)6-13-11(15)17/h9H,4-8H2,1-3H3,(H,13,17). The van der Waals surface area contributed by atoms with Crippen molar-refractivity contribution in [1.29, 1.82) is 0 Å². The Morgan fingerprint density at radius 2 is 2.06 bits per heavy atom. The molecule has 2 saturated heterocycles. The Labute approximate surface area is 102 Å². The molecule has 2 aliphatic rings. The molecule has 0 spiro atoms. The highest BCUT2D eigenvalue weighted by Crippen LogP contribution is 2.22. The average Bonchev–Trinajstić information content (AvgIpc) is 2.71. The Kier molecular flexibility index (Phi) is 3.12. The Bertz CT molecular complexity index is 319. The summed E-state index contributed by atoms with van der Waals surface area (Å²) >= 11 is 0. The molecule has 5 nitrogen and oxygen atoms in total. The maximum absolute atomic E-state index is 11.6. The Morgan fingerprint density at radius 1 is 1.35 bits per heavy atom. The molecule has 2 fully saturated rings. The van der Waals surface area contributed by atoms with Gasteiger partial charge in [0.2, 0.25) is 5.91 Å². The Hall–Kier alpha value is -1.10. The van der Waals surface area contributed by atoms with E-state index in [0.717, 1.165) is 26.1 Å². The summed E-state index contributed by atoms with van der Waals surface area (Å²) in [6, 6.07) is -0.162. The monoisotopic (exact) mass is 239 g/mol. The zero-order valence-corrected chi connectivity index (χ0v) is 10.8. The molecule has 0 saturated carbocycles. The Balaban J connectivity index is 1.94. The fourth-order valence-electron chi connectivity index (χ4n) is 2.64. The van der Waals surface area contributed by atoms with Crippen molar-refractivity contribution in [2.24, 2.45) is 5.41 Å². The lowest BCUT2D eigenvalue weighted by atomic mass is 9.96. The molecular formula is C12H21N3O2. The summed E-state index contributed by atoms with van der Waals surface area (Å²) in [5.74, 6) is -0.0855. The van der Waals surface area contributed by atoms with Crippen LogP contribution in [0, 0.1) is 5.41 Å². The lowest BCUT2D eigenvalue weighted by Gasteiger charge is -2.27. The lowest BCUT2D eigenvalue weighted by Crippen LogP contribution is -2.43. The summed E-state index contributed by atoms with van der Waals surface area (Å²) < 4.78 is 0. The molecule has 0 bridgehead atoms. The smallest absolute Gasteiger partial charge is 0.324 e. The normalized spacial score (nSPS) is 26.8. The maximum Gasteiger partial charge on any atom is 0.324 e. The molecule has 96 valence electrons. The fourth-order valence-corrected chi connectivity index (χ4v) is 2.64. The molecule has 2 heterocycles. The highest BCUT2D eigenvalue weighted by atomic mass is 16.2. The van der Waals surface area contributed by atoms with Crippen LogP contribution in [0.15, 0.2) is 0 Å². The summed E-state index contributed by atoms with van der Waals surface area (Å²) in [6.07, 6.45) is 0.898. The highest BCUT2D eigenvalue weighted by molar-refractivity contribution is 6.02. The van der Waals surface area contributed by atoms with E-state index in [-0.39, 0.29) is 29.9 Å². The van der Waals surface area contributed by atoms with Crippen LogP contribution in [-0.4, -0.2) is 54.0 Å². The van der Waals surface area contributed by atoms with Crippen molar-refractivity contribution >= 4 is 11.9 Å². The minimum absolute atomic E-state index is 0.0624. The van der Waals surface area contributed by atoms with Crippen molar-refractivity contribution in [3.05, 3.63) is 0 Å². The van der Waals surface area contributed by atoms with E-state index in [1.165, 1.54) is 4.90 Å². The van der Waals surface area contributed by atoms with E-state index < -0.39 is 0 Å². The van der Waals surface area contributed by atoms with Crippen molar-refractivity contribution in [1.82, 2.24) is 15.1 Å². The van der Waals surface area contributed by atoms with Gasteiger partial charge >= 0.3 is 6.03 Å². The first-order valence-corrected chi connectivity index (χ1v) is 6.19. The van der Waals surface area contributed by atoms with E-state index in [1.54, 1.807) is 0 Å². The molecule has 0 aliphatic carbocycles. The second-order valence-electron chi connectivity index (χ2n) is 6.16. The van der Waals surface area contributed by atoms with E-state index in [2.05, 4.69) is 31.0 Å². The third-order valence-corrected chi connectivity index (χ3v) is 3.19. The first-order chi connectivity index (χ1) is 7.87. The molecule has 0 radical (unpaired) electrons. The van der Waals surface area contributed by atoms with Crippen LogP contribution in [0.25, 0.3) is 0 Å². The number of likely N-dealkylation sites (tertiary alicyclic amines) is 1. The number of carbonyl (C=O) groups is 2. The number of nitrogens with one attached hydrogen (secondary N) is 1. The van der Waals surface area contributed by atoms with Crippen molar-refractivity contribution in [2.75, 3.05) is 26.2 Å². The fraction of sp³-hybridized carbons (Fsp3) is 0.833. The van der Waals surface area contributed by atoms with Crippen LogP contribution in [-0.2, 0) is 4.79 Å². The quantitative estimate of drug-likeness (QED) is 0.720. The molecule has 3 amide bonds. The zero-order chi connectivity index (χ0) is 12.6. The van der Waals surface area contributed by atoms with Gasteiger partial charge in [0.1, 0.15) is 0 Å². The van der Waals surface area contributed by atoms with Crippen LogP contribution in [0.3, 0.4) is 0 Å². The number of hydrogen-bond acceptors (Lipinski definition) is 3. The molecule has 1 unspecified atom stereocenters. The van der Waals surface area contributed by atoms with Crippen LogP contribution >= 0.6 is 0 Å². The summed E-state index contributed by atoms with van der Waals surface area (Å²) in [7, 11) is 0. The SMILES string of the molecule is CC(C)(C)CN1CCC(N2C(=O)CNC2=O)C1. The van der Waals surface area contributed by atoms with Crippen LogP contribution < -0.4 is 5.32 Å². The predicted molar refractivity (Wildman–Crippen MR) is 64.5 cm³/mol. The average molecular weight is 239 g/mol. The van der Waals surface area contributed by atoms with E-state index in [4.69, 9.17) is 0 Å². The number of rotatable bonds is 2. The van der Waals surface area contributed by atoms with Gasteiger partial charge < -0.3 is 10.2 Å². The van der Waals surface area contributed by atoms with Gasteiger partial charge in [-0.05, 0) is 11.8 Å². The Morgan fingerprint density at radius 3 is 2.59 bits per heavy atom. The topological polar surface area (TPSA) is 52.6 Å². The van der Waals surface area contributed by atoms with Gasteiger partial charge in [-0.25, -0.2) is 4.79 Å². The van der Waals surface area contributed by atoms with Crippen molar-refractivity contribution in [2.45, 2.75) is 33.2 Å². The molecule has 5 heteroatoms. The first kappa shape index (κ1) is 12.4. The highest BCUT2D eigenvalue weighted by Gasteiger charge is 2.38. The summed E-state index contributed by atoms with van der Waals surface area (Å²) in [4.78, 5) is 26.9. The molecule has 1 N–H and O–H groups in total. The number of hydrogen-bond donors (Lipinski definition) is 1. The molecule has 2 rings (SSSR count). The number of nitrogens with zero attached hydrogens (tertiary/aromatic N) is 2. The van der Waals surface area contributed by atoms with Gasteiger partial charge in [-0.3, -0.25) is 9.69 Å². The molecule has 0 aromatic rings. The number of carbonyl (C=O) groups excluding carboxylic acids is 2. The van der Waals surface area contributed by atoms with E-state index >= 15 is 0 Å². The molecule has 0 aromatic carbocycles. The van der Waals surface area contributed by atoms with Crippen LogP contribution in [0.4, 0.5) is 4.79 Å². The van der Waals surface area contributed by atoms with Crippen molar-refractivity contribution < 1.29 is 9.59 Å². The first-order valence-electron chi connectivity index (χ1n) is 6.19. The number of amides is 3. The summed E-state index contributed by atoms with van der Waals surface area (Å²) in [5, 5.41) is 2.58. The third kappa shape index (κ3) is 2.77. The van der Waals surface area contributed by atoms with Crippen molar-refractivity contribution in [3.63, 3.8) is 0 Å². The summed E-state index contributed by atoms with van der Waals surface area (Å²) in [5.41, 5.74) is 0.256. The minimum Gasteiger partial charge on any atom is -0.329 e. The van der Waals surface area contributed by atoms with Gasteiger partial charge in [0.05, 0.1) is 12.6 Å². The lowest BCUT2D eigenvalue weighted by molar-refractivity contribution is -0.126. The molecule has 17 heavy (non-hydrogen) atoms. The molecule has 2 aliphatic heterocycles. The van der Waals surface area contributed by atoms with Gasteiger partial charge in [0.25, 0.3) is 0 Å². The van der Waals surface area contributed by atoms with E-state index in [0.29, 0.717) is 0 Å². The second kappa shape index (κ2) is 4.29. The second-order valence-corrected chi connectivity index (χ2v) is 6.16. The van der Waals surface area contributed by atoms with E-state index in [1.807, 2.05) is 0 Å². The predicted octanol–water partition coefficient (Wildman–Crippen LogP) is 0.659. The summed E-state index contributed by atoms with van der Waals surface area (Å²) in [6.45, 7) is 9.56. The van der Waals surface area contributed by atoms with Crippen LogP contribution in [0.5, 0.6) is 0 Å². The van der Waals surface area contributed by atoms with Crippen molar-refractivity contribution in [3.8, 4) is 0 Å². The van der Waals surface area contributed by atoms with E-state index in [9.17, 15) is 9.59 Å². The van der Waals surface area contributed by atoms with Gasteiger partial charge in [0.15, 0.2) is 0 Å². The zero-order valence-electron chi connectivity index (χ0n) is 10.8. The van der Waals surface area contributed by atoms with Gasteiger partial charge in [-0.1, -0.05) is 20.8 Å². The number of imide groups is 1. The van der Waals surface area contributed by atoms with Gasteiger partial charge in [-0.15, -0.1) is 0 Å². The molecule has 0 aromatic heterocycles. The maximum atomic E-state index is 11.6. The minimum atomic E-state index is -0.224. The molecular weight excluding hydrogens is 218 g/mol. The van der Waals surface area contributed by atoms with Crippen LogP contribution in [0.1, 0.15) is 27.2 Å².